The maximum Gasteiger partial charge on any atom is 0.273 e. The van der Waals surface area contributed by atoms with E-state index in [-0.39, 0.29) is 27.8 Å². The highest BCUT2D eigenvalue weighted by molar-refractivity contribution is 6.33. The topological polar surface area (TPSA) is 93.2 Å². The molecule has 0 saturated heterocycles. The molecular formula is C12H9ClF2N4O2. The van der Waals surface area contributed by atoms with Crippen molar-refractivity contribution in [3.8, 4) is 0 Å². The number of non-ortho nitro benzene ring substituents is 1. The van der Waals surface area contributed by atoms with E-state index in [0.29, 0.717) is 6.07 Å². The number of nitrogens with two attached hydrogens (primary N) is 1. The van der Waals surface area contributed by atoms with Crippen molar-refractivity contribution in [2.75, 3.05) is 10.7 Å². The SMILES string of the molecule is NNc1cc(Nc2c(F)cc(F)cc2Cl)cc([N+](=O)[O-])c1. The van der Waals surface area contributed by atoms with E-state index in [1.807, 2.05) is 0 Å². The summed E-state index contributed by atoms with van der Waals surface area (Å²) in [7, 11) is 0. The quantitative estimate of drug-likeness (QED) is 0.456. The lowest BCUT2D eigenvalue weighted by Crippen LogP contribution is -2.07. The number of hydrazine groups is 1. The third-order valence-corrected chi connectivity index (χ3v) is 2.87. The maximum atomic E-state index is 13.7. The van der Waals surface area contributed by atoms with E-state index < -0.39 is 16.6 Å². The zero-order valence-corrected chi connectivity index (χ0v) is 11.1. The average Bonchev–Trinajstić information content (AvgIpc) is 2.42. The van der Waals surface area contributed by atoms with E-state index >= 15 is 0 Å². The van der Waals surface area contributed by atoms with E-state index in [1.54, 1.807) is 0 Å². The minimum Gasteiger partial charge on any atom is -0.352 e. The standard InChI is InChI=1S/C12H9ClF2N4O2/c13-10-1-6(14)2-11(15)12(10)17-7-3-8(18-16)5-9(4-7)19(20)21/h1-5,17-18H,16H2. The Morgan fingerprint density at radius 1 is 1.14 bits per heavy atom. The molecule has 6 nitrogen and oxygen atoms in total. The molecule has 0 bridgehead atoms. The highest BCUT2D eigenvalue weighted by atomic mass is 35.5. The van der Waals surface area contributed by atoms with Crippen molar-refractivity contribution in [1.29, 1.82) is 0 Å². The molecule has 9 heteroatoms. The van der Waals surface area contributed by atoms with Crippen LogP contribution < -0.4 is 16.6 Å². The van der Waals surface area contributed by atoms with Crippen LogP contribution in [0.5, 0.6) is 0 Å². The highest BCUT2D eigenvalue weighted by Gasteiger charge is 2.14. The van der Waals surface area contributed by atoms with Crippen molar-refractivity contribution < 1.29 is 13.7 Å². The molecule has 0 saturated carbocycles. The molecule has 0 radical (unpaired) electrons. The number of rotatable bonds is 4. The first-order valence-electron chi connectivity index (χ1n) is 5.58. The number of nitrogen functional groups attached to an aromatic ring is 1. The second-order valence-corrected chi connectivity index (χ2v) is 4.45. The molecule has 0 spiro atoms. The first kappa shape index (κ1) is 14.9. The van der Waals surface area contributed by atoms with Crippen molar-refractivity contribution in [2.24, 2.45) is 5.84 Å². The first-order chi connectivity index (χ1) is 9.90. The van der Waals surface area contributed by atoms with E-state index in [4.69, 9.17) is 17.4 Å². The Bertz CT molecular complexity index is 689. The van der Waals surface area contributed by atoms with E-state index in [0.717, 1.165) is 6.07 Å². The lowest BCUT2D eigenvalue weighted by atomic mass is 10.2. The van der Waals surface area contributed by atoms with E-state index in [2.05, 4.69) is 10.7 Å². The number of hydrogen-bond donors (Lipinski definition) is 3. The molecule has 0 atom stereocenters. The summed E-state index contributed by atoms with van der Waals surface area (Å²) in [6.45, 7) is 0. The van der Waals surface area contributed by atoms with Crippen LogP contribution in [0.25, 0.3) is 0 Å². The van der Waals surface area contributed by atoms with Gasteiger partial charge in [-0.25, -0.2) is 8.78 Å². The normalized spacial score (nSPS) is 10.3. The number of nitro groups is 1. The molecular weight excluding hydrogens is 306 g/mol. The predicted molar refractivity (Wildman–Crippen MR) is 75.6 cm³/mol. The van der Waals surface area contributed by atoms with Gasteiger partial charge in [0.05, 0.1) is 21.3 Å². The summed E-state index contributed by atoms with van der Waals surface area (Å²) in [5.74, 6) is 3.46. The van der Waals surface area contributed by atoms with Crippen LogP contribution in [0, 0.1) is 21.7 Å². The molecule has 0 fully saturated rings. The zero-order chi connectivity index (χ0) is 15.6. The first-order valence-corrected chi connectivity index (χ1v) is 5.96. The van der Waals surface area contributed by atoms with Crippen molar-refractivity contribution in [2.45, 2.75) is 0 Å². The smallest absolute Gasteiger partial charge is 0.273 e. The zero-order valence-electron chi connectivity index (χ0n) is 10.4. The maximum absolute atomic E-state index is 13.7. The Morgan fingerprint density at radius 2 is 1.81 bits per heavy atom. The average molecular weight is 315 g/mol. The Labute approximate surface area is 122 Å². The van der Waals surface area contributed by atoms with Crippen LogP contribution in [0.4, 0.5) is 31.5 Å². The Hall–Kier alpha value is -2.45. The Morgan fingerprint density at radius 3 is 2.38 bits per heavy atom. The van der Waals surface area contributed by atoms with Gasteiger partial charge < -0.3 is 10.7 Å². The second-order valence-electron chi connectivity index (χ2n) is 4.04. The van der Waals surface area contributed by atoms with Gasteiger partial charge in [0.15, 0.2) is 5.82 Å². The van der Waals surface area contributed by atoms with Gasteiger partial charge in [-0.05, 0) is 12.1 Å². The van der Waals surface area contributed by atoms with Crippen molar-refractivity contribution in [1.82, 2.24) is 0 Å². The molecule has 0 aliphatic heterocycles. The molecule has 0 aliphatic carbocycles. The van der Waals surface area contributed by atoms with Gasteiger partial charge in [0.1, 0.15) is 5.82 Å². The van der Waals surface area contributed by atoms with Crippen LogP contribution in [0.3, 0.4) is 0 Å². The number of hydrogen-bond acceptors (Lipinski definition) is 5. The Balaban J connectivity index is 2.44. The lowest BCUT2D eigenvalue weighted by Gasteiger charge is -2.11. The summed E-state index contributed by atoms with van der Waals surface area (Å²) in [6.07, 6.45) is 0. The molecule has 110 valence electrons. The van der Waals surface area contributed by atoms with Crippen LogP contribution >= 0.6 is 11.6 Å². The summed E-state index contributed by atoms with van der Waals surface area (Å²) < 4.78 is 26.6. The largest absolute Gasteiger partial charge is 0.352 e. The van der Waals surface area contributed by atoms with Crippen LogP contribution in [-0.2, 0) is 0 Å². The highest BCUT2D eigenvalue weighted by Crippen LogP contribution is 2.32. The molecule has 0 amide bonds. The summed E-state index contributed by atoms with van der Waals surface area (Å²) in [5.41, 5.74) is 2.22. The van der Waals surface area contributed by atoms with Gasteiger partial charge in [0, 0.05) is 23.9 Å². The van der Waals surface area contributed by atoms with Crippen LogP contribution in [0.2, 0.25) is 5.02 Å². The molecule has 21 heavy (non-hydrogen) atoms. The number of halogens is 3. The lowest BCUT2D eigenvalue weighted by molar-refractivity contribution is -0.384. The Kier molecular flexibility index (Phi) is 4.20. The van der Waals surface area contributed by atoms with Gasteiger partial charge in [0.2, 0.25) is 0 Å². The molecule has 0 heterocycles. The van der Waals surface area contributed by atoms with Gasteiger partial charge in [-0.1, -0.05) is 11.6 Å². The number of nitrogens with one attached hydrogen (secondary N) is 2. The summed E-state index contributed by atoms with van der Waals surface area (Å²) >= 11 is 5.74. The van der Waals surface area contributed by atoms with Crippen molar-refractivity contribution >= 4 is 34.4 Å². The third-order valence-electron chi connectivity index (χ3n) is 2.57. The van der Waals surface area contributed by atoms with Gasteiger partial charge in [-0.15, -0.1) is 0 Å². The summed E-state index contributed by atoms with van der Waals surface area (Å²) in [4.78, 5) is 10.2. The molecule has 2 rings (SSSR count). The number of benzene rings is 2. The molecule has 2 aromatic rings. The third kappa shape index (κ3) is 3.36. The fraction of sp³-hybridized carbons (Fsp3) is 0. The number of nitrogens with zero attached hydrogens (tertiary/aromatic N) is 1. The predicted octanol–water partition coefficient (Wildman–Crippen LogP) is 3.56. The van der Waals surface area contributed by atoms with Gasteiger partial charge in [-0.3, -0.25) is 16.0 Å². The second kappa shape index (κ2) is 5.90. The van der Waals surface area contributed by atoms with Crippen LogP contribution in [-0.4, -0.2) is 4.92 Å². The van der Waals surface area contributed by atoms with Crippen molar-refractivity contribution in [3.05, 3.63) is 57.1 Å². The van der Waals surface area contributed by atoms with E-state index in [9.17, 15) is 18.9 Å². The van der Waals surface area contributed by atoms with Gasteiger partial charge >= 0.3 is 0 Å². The fourth-order valence-electron chi connectivity index (χ4n) is 1.68. The van der Waals surface area contributed by atoms with Crippen LogP contribution in [0.1, 0.15) is 0 Å². The minimum atomic E-state index is -0.922. The molecule has 0 aliphatic rings. The van der Waals surface area contributed by atoms with Gasteiger partial charge in [0.25, 0.3) is 5.69 Å². The minimum absolute atomic E-state index is 0.171. The summed E-state index contributed by atoms with van der Waals surface area (Å²) in [5, 5.41) is 13.2. The van der Waals surface area contributed by atoms with Gasteiger partial charge in [-0.2, -0.15) is 0 Å². The monoisotopic (exact) mass is 314 g/mol. The summed E-state index contributed by atoms with van der Waals surface area (Å²) in [6, 6.07) is 5.35. The molecule has 2 aromatic carbocycles. The molecule has 0 aromatic heterocycles. The number of anilines is 3. The van der Waals surface area contributed by atoms with Crippen LogP contribution in [0.15, 0.2) is 30.3 Å². The molecule has 0 unspecified atom stereocenters. The number of nitro benzene ring substituents is 1. The fourth-order valence-corrected chi connectivity index (χ4v) is 1.92. The van der Waals surface area contributed by atoms with E-state index in [1.165, 1.54) is 18.2 Å². The van der Waals surface area contributed by atoms with Crippen molar-refractivity contribution in [3.63, 3.8) is 0 Å². The molecule has 4 N–H and O–H groups in total.